The fourth-order valence-electron chi connectivity index (χ4n) is 3.70. The van der Waals surface area contributed by atoms with Crippen molar-refractivity contribution in [2.75, 3.05) is 5.32 Å². The van der Waals surface area contributed by atoms with Gasteiger partial charge in [0.15, 0.2) is 11.5 Å². The average molecular weight is 401 g/mol. The molecule has 150 valence electrons. The standard InChI is InChI=1S/C21H19N7O2/c1-13-18(21(30)28(26(13)2)14-8-4-3-5-9-14)22-12-17-23-24-19-15-10-6-7-11-16(15)20(29)25-27(17)19/h3-11,22H,12H2,1-2H3,(H,25,29). The first-order valence-corrected chi connectivity index (χ1v) is 9.49. The summed E-state index contributed by atoms with van der Waals surface area (Å²) in [5.74, 6) is 0.502. The van der Waals surface area contributed by atoms with Crippen molar-refractivity contribution in [2.24, 2.45) is 7.05 Å². The molecule has 0 saturated carbocycles. The molecule has 0 aliphatic rings. The largest absolute Gasteiger partial charge is 0.372 e. The van der Waals surface area contributed by atoms with Gasteiger partial charge in [-0.3, -0.25) is 19.4 Å². The molecule has 9 heteroatoms. The Bertz CT molecular complexity index is 1510. The molecule has 30 heavy (non-hydrogen) atoms. The number of hydrogen-bond donors (Lipinski definition) is 2. The van der Waals surface area contributed by atoms with E-state index in [2.05, 4.69) is 20.6 Å². The Labute approximate surface area is 170 Å². The molecule has 0 aliphatic heterocycles. The third-order valence-corrected chi connectivity index (χ3v) is 5.33. The first kappa shape index (κ1) is 17.9. The number of nitrogens with zero attached hydrogens (tertiary/aromatic N) is 5. The van der Waals surface area contributed by atoms with Crippen LogP contribution in [0.25, 0.3) is 22.1 Å². The molecule has 3 heterocycles. The van der Waals surface area contributed by atoms with Crippen LogP contribution in [-0.2, 0) is 13.6 Å². The van der Waals surface area contributed by atoms with E-state index in [1.165, 1.54) is 0 Å². The maximum Gasteiger partial charge on any atom is 0.295 e. The van der Waals surface area contributed by atoms with Gasteiger partial charge in [-0.25, -0.2) is 9.20 Å². The first-order chi connectivity index (χ1) is 14.6. The van der Waals surface area contributed by atoms with Crippen LogP contribution < -0.4 is 16.4 Å². The maximum atomic E-state index is 13.0. The Balaban J connectivity index is 1.54. The third kappa shape index (κ3) is 2.63. The van der Waals surface area contributed by atoms with Gasteiger partial charge in [0.1, 0.15) is 5.69 Å². The quantitative estimate of drug-likeness (QED) is 0.479. The van der Waals surface area contributed by atoms with Crippen molar-refractivity contribution in [1.29, 1.82) is 0 Å². The number of H-pyrrole nitrogens is 1. The molecule has 2 aromatic carbocycles. The number of para-hydroxylation sites is 1. The van der Waals surface area contributed by atoms with E-state index >= 15 is 0 Å². The van der Waals surface area contributed by atoms with Crippen LogP contribution >= 0.6 is 0 Å². The smallest absolute Gasteiger partial charge is 0.295 e. The molecule has 0 unspecified atom stereocenters. The molecule has 0 saturated heterocycles. The Hall–Kier alpha value is -4.14. The molecule has 5 rings (SSSR count). The molecule has 0 bridgehead atoms. The fraction of sp³-hybridized carbons (Fsp3) is 0.143. The van der Waals surface area contributed by atoms with Crippen molar-refractivity contribution >= 4 is 22.1 Å². The lowest BCUT2D eigenvalue weighted by Crippen LogP contribution is -2.21. The number of fused-ring (bicyclic) bond motifs is 3. The number of rotatable bonds is 4. The summed E-state index contributed by atoms with van der Waals surface area (Å²) >= 11 is 0. The summed E-state index contributed by atoms with van der Waals surface area (Å²) in [5.41, 5.74) is 2.23. The van der Waals surface area contributed by atoms with Gasteiger partial charge in [-0.05, 0) is 25.1 Å². The van der Waals surface area contributed by atoms with Gasteiger partial charge in [-0.15, -0.1) is 10.2 Å². The predicted octanol–water partition coefficient (Wildman–Crippen LogP) is 1.98. The Morgan fingerprint density at radius 3 is 2.43 bits per heavy atom. The molecule has 0 amide bonds. The van der Waals surface area contributed by atoms with Crippen LogP contribution in [-0.4, -0.2) is 29.2 Å². The summed E-state index contributed by atoms with van der Waals surface area (Å²) in [6, 6.07) is 16.7. The summed E-state index contributed by atoms with van der Waals surface area (Å²) in [6.07, 6.45) is 0. The second-order valence-electron chi connectivity index (χ2n) is 7.05. The zero-order valence-electron chi connectivity index (χ0n) is 16.5. The van der Waals surface area contributed by atoms with Gasteiger partial charge in [0.2, 0.25) is 0 Å². The molecular weight excluding hydrogens is 382 g/mol. The van der Waals surface area contributed by atoms with E-state index < -0.39 is 0 Å². The number of anilines is 1. The van der Waals surface area contributed by atoms with Crippen molar-refractivity contribution in [3.05, 3.63) is 86.8 Å². The monoisotopic (exact) mass is 401 g/mol. The second-order valence-corrected chi connectivity index (χ2v) is 7.05. The number of aromatic amines is 1. The normalized spacial score (nSPS) is 11.4. The molecule has 3 aromatic heterocycles. The van der Waals surface area contributed by atoms with Gasteiger partial charge in [-0.1, -0.05) is 36.4 Å². The highest BCUT2D eigenvalue weighted by Gasteiger charge is 2.17. The van der Waals surface area contributed by atoms with Gasteiger partial charge >= 0.3 is 0 Å². The Kier molecular flexibility index (Phi) is 4.02. The van der Waals surface area contributed by atoms with Crippen LogP contribution in [0.1, 0.15) is 11.5 Å². The van der Waals surface area contributed by atoms with E-state index in [1.807, 2.05) is 62.5 Å². The lowest BCUT2D eigenvalue weighted by molar-refractivity contribution is 0.630. The SMILES string of the molecule is Cc1c(NCc2nnc3c4ccccc4c(=O)[nH]n23)c(=O)n(-c2ccccc2)n1C. The van der Waals surface area contributed by atoms with E-state index in [0.29, 0.717) is 22.5 Å². The van der Waals surface area contributed by atoms with Gasteiger partial charge in [0.05, 0.1) is 23.3 Å². The van der Waals surface area contributed by atoms with Crippen molar-refractivity contribution in [1.82, 2.24) is 29.2 Å². The molecule has 0 fully saturated rings. The molecule has 0 spiro atoms. The number of nitrogens with one attached hydrogen (secondary N) is 2. The summed E-state index contributed by atoms with van der Waals surface area (Å²) in [7, 11) is 1.84. The minimum Gasteiger partial charge on any atom is -0.372 e. The van der Waals surface area contributed by atoms with E-state index in [4.69, 9.17) is 0 Å². The van der Waals surface area contributed by atoms with Crippen molar-refractivity contribution < 1.29 is 0 Å². The van der Waals surface area contributed by atoms with Crippen LogP contribution in [0.4, 0.5) is 5.69 Å². The van der Waals surface area contributed by atoms with E-state index in [9.17, 15) is 9.59 Å². The van der Waals surface area contributed by atoms with Gasteiger partial charge in [-0.2, -0.15) is 0 Å². The van der Waals surface area contributed by atoms with Crippen LogP contribution in [0.3, 0.4) is 0 Å². The van der Waals surface area contributed by atoms with Gasteiger partial charge in [0.25, 0.3) is 11.1 Å². The topological polar surface area (TPSA) is 102 Å². The van der Waals surface area contributed by atoms with Crippen molar-refractivity contribution in [3.63, 3.8) is 0 Å². The zero-order chi connectivity index (χ0) is 20.8. The van der Waals surface area contributed by atoms with Crippen molar-refractivity contribution in [3.8, 4) is 5.69 Å². The van der Waals surface area contributed by atoms with Crippen LogP contribution in [0.15, 0.2) is 64.2 Å². The Morgan fingerprint density at radius 2 is 1.67 bits per heavy atom. The van der Waals surface area contributed by atoms with E-state index in [1.54, 1.807) is 19.9 Å². The molecule has 0 aliphatic carbocycles. The molecular formula is C21H19N7O2. The molecule has 5 aromatic rings. The zero-order valence-corrected chi connectivity index (χ0v) is 16.5. The molecule has 0 atom stereocenters. The fourth-order valence-corrected chi connectivity index (χ4v) is 3.70. The summed E-state index contributed by atoms with van der Waals surface area (Å²) in [6.45, 7) is 2.10. The molecule has 0 radical (unpaired) electrons. The van der Waals surface area contributed by atoms with Crippen molar-refractivity contribution in [2.45, 2.75) is 13.5 Å². The second kappa shape index (κ2) is 6.73. The van der Waals surface area contributed by atoms with Gasteiger partial charge < -0.3 is 5.32 Å². The highest BCUT2D eigenvalue weighted by molar-refractivity contribution is 5.92. The minimum atomic E-state index is -0.221. The lowest BCUT2D eigenvalue weighted by Gasteiger charge is -2.07. The predicted molar refractivity (Wildman–Crippen MR) is 114 cm³/mol. The average Bonchev–Trinajstić information content (AvgIpc) is 3.26. The number of hydrogen-bond acceptors (Lipinski definition) is 5. The third-order valence-electron chi connectivity index (χ3n) is 5.33. The Morgan fingerprint density at radius 1 is 0.967 bits per heavy atom. The number of benzene rings is 2. The first-order valence-electron chi connectivity index (χ1n) is 9.49. The van der Waals surface area contributed by atoms with Gasteiger partial charge in [0, 0.05) is 12.4 Å². The van der Waals surface area contributed by atoms with E-state index in [-0.39, 0.29) is 17.7 Å². The minimum absolute atomic E-state index is 0.158. The summed E-state index contributed by atoms with van der Waals surface area (Å²) < 4.78 is 4.97. The van der Waals surface area contributed by atoms with Crippen LogP contribution in [0, 0.1) is 6.92 Å². The van der Waals surface area contributed by atoms with E-state index in [0.717, 1.165) is 16.8 Å². The summed E-state index contributed by atoms with van der Waals surface area (Å²) in [5, 5.41) is 15.7. The highest BCUT2D eigenvalue weighted by Crippen LogP contribution is 2.17. The highest BCUT2D eigenvalue weighted by atomic mass is 16.1. The number of aromatic nitrogens is 6. The molecule has 9 nitrogen and oxygen atoms in total. The summed E-state index contributed by atoms with van der Waals surface area (Å²) in [4.78, 5) is 25.5. The maximum absolute atomic E-state index is 13.0. The van der Waals surface area contributed by atoms with Crippen LogP contribution in [0.2, 0.25) is 0 Å². The van der Waals surface area contributed by atoms with Crippen LogP contribution in [0.5, 0.6) is 0 Å². The molecule has 2 N–H and O–H groups in total. The lowest BCUT2D eigenvalue weighted by atomic mass is 10.2.